The smallest absolute Gasteiger partial charge is 0.371 e. The van der Waals surface area contributed by atoms with Gasteiger partial charge in [0.1, 0.15) is 23.7 Å². The first-order chi connectivity index (χ1) is 21.5. The second kappa shape index (κ2) is 12.6. The standard InChI is InChI=1S/C31H34F6N6O3/c1-17-12-22(40-25-24(26(44)27(25)45)39-16-30(32,33)34)13-38-28(17)43-15-18(2)42(14-19(43)3)23-8-10-41(11-9-23)29(46)20-4-6-21(7-5-20)31(35,36)37/h4-7,12-13,18-19,23,39-40H,8-11,14-16H2,1-3H3/t18-,19+/m1/s1. The Labute approximate surface area is 260 Å². The van der Waals surface area contributed by atoms with Crippen molar-refractivity contribution in [2.45, 2.75) is 64.1 Å². The van der Waals surface area contributed by atoms with E-state index in [1.165, 1.54) is 18.3 Å². The lowest BCUT2D eigenvalue weighted by molar-refractivity contribution is -0.137. The van der Waals surface area contributed by atoms with Crippen molar-refractivity contribution in [3.8, 4) is 0 Å². The lowest BCUT2D eigenvalue weighted by atomic mass is 9.97. The van der Waals surface area contributed by atoms with E-state index < -0.39 is 41.0 Å². The Kier molecular flexibility index (Phi) is 9.08. The van der Waals surface area contributed by atoms with Crippen LogP contribution in [-0.2, 0) is 6.18 Å². The highest BCUT2D eigenvalue weighted by molar-refractivity contribution is 5.94. The van der Waals surface area contributed by atoms with E-state index in [2.05, 4.69) is 33.9 Å². The maximum atomic E-state index is 12.9. The van der Waals surface area contributed by atoms with Crippen LogP contribution in [0.4, 0.5) is 49.2 Å². The molecule has 2 fully saturated rings. The summed E-state index contributed by atoms with van der Waals surface area (Å²) >= 11 is 0. The number of benzene rings is 1. The summed E-state index contributed by atoms with van der Waals surface area (Å²) in [5, 5.41) is 4.72. The molecule has 15 heteroatoms. The molecule has 0 radical (unpaired) electrons. The number of hydrogen-bond acceptors (Lipinski definition) is 8. The van der Waals surface area contributed by atoms with Gasteiger partial charge in [-0.05, 0) is 69.5 Å². The molecule has 3 aromatic rings. The Hall–Kier alpha value is -4.14. The second-order valence-electron chi connectivity index (χ2n) is 12.0. The maximum absolute atomic E-state index is 12.9. The first-order valence-electron chi connectivity index (χ1n) is 14.9. The number of halogens is 6. The summed E-state index contributed by atoms with van der Waals surface area (Å²) in [5.41, 5.74) is -1.98. The molecule has 2 saturated heterocycles. The van der Waals surface area contributed by atoms with Gasteiger partial charge in [-0.2, -0.15) is 26.3 Å². The minimum absolute atomic E-state index is 0.0692. The van der Waals surface area contributed by atoms with Gasteiger partial charge in [0.05, 0.1) is 17.4 Å². The molecule has 5 rings (SSSR count). The number of piperazine rings is 1. The summed E-state index contributed by atoms with van der Waals surface area (Å²) in [4.78, 5) is 47.6. The molecule has 2 atom stereocenters. The van der Waals surface area contributed by atoms with Crippen LogP contribution in [0.2, 0.25) is 0 Å². The molecule has 1 aromatic heterocycles. The molecule has 2 aliphatic rings. The topological polar surface area (TPSA) is 97.9 Å². The normalized spacial score (nSPS) is 20.3. The Morgan fingerprint density at radius 1 is 0.935 bits per heavy atom. The molecule has 9 nitrogen and oxygen atoms in total. The van der Waals surface area contributed by atoms with E-state index >= 15 is 0 Å². The van der Waals surface area contributed by atoms with E-state index in [-0.39, 0.29) is 35.3 Å². The van der Waals surface area contributed by atoms with E-state index in [1.54, 1.807) is 11.0 Å². The number of carbonyl (C=O) groups is 1. The molecule has 46 heavy (non-hydrogen) atoms. The second-order valence-corrected chi connectivity index (χ2v) is 12.0. The lowest BCUT2D eigenvalue weighted by Gasteiger charge is -2.49. The molecule has 2 N–H and O–H groups in total. The van der Waals surface area contributed by atoms with Gasteiger partial charge in [-0.25, -0.2) is 4.98 Å². The fourth-order valence-electron chi connectivity index (χ4n) is 6.29. The fourth-order valence-corrected chi connectivity index (χ4v) is 6.29. The Bertz CT molecular complexity index is 1640. The van der Waals surface area contributed by atoms with Crippen LogP contribution in [0.1, 0.15) is 48.2 Å². The van der Waals surface area contributed by atoms with Crippen LogP contribution in [0.3, 0.4) is 0 Å². The Balaban J connectivity index is 1.18. The Morgan fingerprint density at radius 2 is 1.57 bits per heavy atom. The van der Waals surface area contributed by atoms with Crippen molar-refractivity contribution < 1.29 is 31.1 Å². The van der Waals surface area contributed by atoms with Crippen LogP contribution >= 0.6 is 0 Å². The van der Waals surface area contributed by atoms with Gasteiger partial charge in [0.2, 0.25) is 0 Å². The molecule has 0 saturated carbocycles. The highest BCUT2D eigenvalue weighted by atomic mass is 19.4. The molecule has 0 unspecified atom stereocenters. The number of hydrogen-bond donors (Lipinski definition) is 2. The number of anilines is 4. The number of amides is 1. The van der Waals surface area contributed by atoms with Crippen LogP contribution in [0, 0.1) is 6.92 Å². The number of rotatable bonds is 7. The third kappa shape index (κ3) is 6.98. The van der Waals surface area contributed by atoms with Gasteiger partial charge in [0.15, 0.2) is 0 Å². The molecule has 0 spiro atoms. The first kappa shape index (κ1) is 33.2. The van der Waals surface area contributed by atoms with Crippen molar-refractivity contribution in [3.05, 3.63) is 73.7 Å². The Morgan fingerprint density at radius 3 is 2.15 bits per heavy atom. The van der Waals surface area contributed by atoms with Gasteiger partial charge in [0.25, 0.3) is 16.8 Å². The van der Waals surface area contributed by atoms with Crippen LogP contribution in [0.25, 0.3) is 0 Å². The predicted octanol–water partition coefficient (Wildman–Crippen LogP) is 4.93. The van der Waals surface area contributed by atoms with E-state index in [0.717, 1.165) is 42.9 Å². The van der Waals surface area contributed by atoms with Gasteiger partial charge in [-0.1, -0.05) is 0 Å². The predicted molar refractivity (Wildman–Crippen MR) is 162 cm³/mol. The summed E-state index contributed by atoms with van der Waals surface area (Å²) in [6, 6.07) is 6.45. The fraction of sp³-hybridized carbons (Fsp3) is 0.484. The van der Waals surface area contributed by atoms with Crippen molar-refractivity contribution in [2.24, 2.45) is 0 Å². The highest BCUT2D eigenvalue weighted by Crippen LogP contribution is 2.32. The zero-order valence-electron chi connectivity index (χ0n) is 25.4. The summed E-state index contributed by atoms with van der Waals surface area (Å²) in [6.07, 6.45) is -6.07. The average Bonchev–Trinajstić information content (AvgIpc) is 3.00. The van der Waals surface area contributed by atoms with E-state index in [1.807, 2.05) is 12.2 Å². The summed E-state index contributed by atoms with van der Waals surface area (Å²) in [6.45, 7) is 6.99. The molecular weight excluding hydrogens is 618 g/mol. The zero-order valence-corrected chi connectivity index (χ0v) is 25.4. The van der Waals surface area contributed by atoms with Gasteiger partial charge in [-0.15, -0.1) is 0 Å². The minimum Gasteiger partial charge on any atom is -0.371 e. The van der Waals surface area contributed by atoms with Crippen molar-refractivity contribution in [3.63, 3.8) is 0 Å². The van der Waals surface area contributed by atoms with E-state index in [9.17, 15) is 40.7 Å². The number of likely N-dealkylation sites (tertiary alicyclic amines) is 1. The number of nitrogens with zero attached hydrogens (tertiary/aromatic N) is 4. The largest absolute Gasteiger partial charge is 0.416 e. The quantitative estimate of drug-likeness (QED) is 0.274. The monoisotopic (exact) mass is 652 g/mol. The number of aryl methyl sites for hydroxylation is 1. The molecule has 0 aliphatic carbocycles. The molecule has 0 bridgehead atoms. The molecule has 2 aromatic carbocycles. The number of pyridine rings is 1. The lowest BCUT2D eigenvalue weighted by Crippen LogP contribution is -2.61. The molecular formula is C31H34F6N6O3. The average molecular weight is 653 g/mol. The van der Waals surface area contributed by atoms with Crippen LogP contribution in [0.5, 0.6) is 0 Å². The van der Waals surface area contributed by atoms with E-state index in [4.69, 9.17) is 0 Å². The molecule has 3 heterocycles. The third-order valence-electron chi connectivity index (χ3n) is 8.68. The van der Waals surface area contributed by atoms with Crippen molar-refractivity contribution in [1.29, 1.82) is 0 Å². The number of carbonyl (C=O) groups excluding carboxylic acids is 1. The van der Waals surface area contributed by atoms with Gasteiger partial charge in [0, 0.05) is 49.9 Å². The first-order valence-corrected chi connectivity index (χ1v) is 14.9. The van der Waals surface area contributed by atoms with E-state index in [0.29, 0.717) is 25.3 Å². The number of aromatic nitrogens is 1. The third-order valence-corrected chi connectivity index (χ3v) is 8.68. The van der Waals surface area contributed by atoms with Gasteiger partial charge < -0.3 is 20.4 Å². The summed E-state index contributed by atoms with van der Waals surface area (Å²) in [7, 11) is 0. The zero-order chi connectivity index (χ0) is 33.6. The number of piperidine rings is 1. The number of nitrogens with one attached hydrogen (secondary N) is 2. The molecule has 248 valence electrons. The molecule has 1 amide bonds. The summed E-state index contributed by atoms with van der Waals surface area (Å²) < 4.78 is 76.5. The van der Waals surface area contributed by atoms with Crippen LogP contribution in [-0.4, -0.2) is 77.7 Å². The molecule has 2 aliphatic heterocycles. The summed E-state index contributed by atoms with van der Waals surface area (Å²) in [5.74, 6) is 0.443. The van der Waals surface area contributed by atoms with Crippen molar-refractivity contribution in [1.82, 2.24) is 14.8 Å². The van der Waals surface area contributed by atoms with Gasteiger partial charge in [-0.3, -0.25) is 19.3 Å². The SMILES string of the molecule is Cc1cc(Nc2c(NCC(F)(F)F)c(=O)c2=O)cnc1N1C[C@@H](C)N(C2CCN(C(=O)c3ccc(C(F)(F)F)cc3)CC2)C[C@@H]1C. The number of alkyl halides is 6. The highest BCUT2D eigenvalue weighted by Gasteiger charge is 2.37. The van der Waals surface area contributed by atoms with Crippen LogP contribution < -0.4 is 26.4 Å². The maximum Gasteiger partial charge on any atom is 0.416 e. The van der Waals surface area contributed by atoms with Crippen molar-refractivity contribution >= 4 is 28.8 Å². The van der Waals surface area contributed by atoms with Crippen molar-refractivity contribution in [2.75, 3.05) is 48.3 Å². The van der Waals surface area contributed by atoms with Gasteiger partial charge >= 0.3 is 12.4 Å². The van der Waals surface area contributed by atoms with Crippen LogP contribution in [0.15, 0.2) is 46.1 Å². The minimum atomic E-state index is -4.55.